The van der Waals surface area contributed by atoms with Crippen molar-refractivity contribution in [2.75, 3.05) is 44.6 Å². The van der Waals surface area contributed by atoms with Crippen LogP contribution < -0.4 is 4.90 Å². The molecule has 112 valence electrons. The minimum absolute atomic E-state index is 0.134. The summed E-state index contributed by atoms with van der Waals surface area (Å²) in [6.45, 7) is 2.34. The second kappa shape index (κ2) is 7.78. The number of nitrogens with zero attached hydrogens (tertiary/aromatic N) is 3. The fourth-order valence-electron chi connectivity index (χ4n) is 2.17. The summed E-state index contributed by atoms with van der Waals surface area (Å²) < 4.78 is 10.6. The molecular weight excluding hydrogens is 278 g/mol. The Morgan fingerprint density at radius 1 is 1.50 bits per heavy atom. The van der Waals surface area contributed by atoms with Crippen LogP contribution in [-0.4, -0.2) is 67.0 Å². The first-order valence-corrected chi connectivity index (χ1v) is 7.87. The van der Waals surface area contributed by atoms with Crippen molar-refractivity contribution < 1.29 is 14.6 Å². The quantitative estimate of drug-likeness (QED) is 0.473. The minimum Gasteiger partial charge on any atom is -0.389 e. The van der Waals surface area contributed by atoms with E-state index in [1.165, 1.54) is 0 Å². The van der Waals surface area contributed by atoms with Crippen molar-refractivity contribution in [2.24, 2.45) is 0 Å². The van der Waals surface area contributed by atoms with Crippen LogP contribution in [0.1, 0.15) is 6.42 Å². The second-order valence-corrected chi connectivity index (χ2v) is 5.43. The molecule has 1 saturated heterocycles. The molecule has 0 aromatic carbocycles. The molecule has 2 rings (SSSR count). The predicted octanol–water partition coefficient (Wildman–Crippen LogP) is 0.801. The Kier molecular flexibility index (Phi) is 6.03. The molecular formula is C13H21N3O3S. The molecule has 0 aliphatic carbocycles. The molecule has 20 heavy (non-hydrogen) atoms. The van der Waals surface area contributed by atoms with Crippen LogP contribution in [0.3, 0.4) is 0 Å². The fourth-order valence-corrected chi connectivity index (χ4v) is 2.54. The summed E-state index contributed by atoms with van der Waals surface area (Å²) in [6.07, 6.45) is 3.84. The van der Waals surface area contributed by atoms with Crippen molar-refractivity contribution in [1.82, 2.24) is 9.97 Å². The molecule has 6 nitrogen and oxygen atoms in total. The number of aromatic nitrogens is 2. The lowest BCUT2D eigenvalue weighted by atomic mass is 10.1. The van der Waals surface area contributed by atoms with Crippen LogP contribution >= 0.6 is 11.8 Å². The zero-order chi connectivity index (χ0) is 14.4. The van der Waals surface area contributed by atoms with E-state index in [1.54, 1.807) is 25.1 Å². The van der Waals surface area contributed by atoms with Gasteiger partial charge in [0, 0.05) is 26.4 Å². The van der Waals surface area contributed by atoms with E-state index in [9.17, 15) is 5.11 Å². The van der Waals surface area contributed by atoms with Crippen molar-refractivity contribution in [1.29, 1.82) is 0 Å². The lowest BCUT2D eigenvalue weighted by Gasteiger charge is -2.35. The Labute approximate surface area is 123 Å². The van der Waals surface area contributed by atoms with Crippen molar-refractivity contribution in [2.45, 2.75) is 23.7 Å². The molecule has 0 radical (unpaired) electrons. The van der Waals surface area contributed by atoms with E-state index < -0.39 is 6.10 Å². The highest BCUT2D eigenvalue weighted by atomic mass is 32.2. The molecule has 2 unspecified atom stereocenters. The summed E-state index contributed by atoms with van der Waals surface area (Å²) in [4.78, 5) is 10.7. The lowest BCUT2D eigenvalue weighted by molar-refractivity contribution is -0.0593. The normalized spacial score (nSPS) is 23.1. The molecule has 2 atom stereocenters. The van der Waals surface area contributed by atoms with Crippen molar-refractivity contribution in [3.8, 4) is 0 Å². The molecule has 1 fully saturated rings. The monoisotopic (exact) mass is 299 g/mol. The second-order valence-electron chi connectivity index (χ2n) is 4.60. The van der Waals surface area contributed by atoms with Gasteiger partial charge in [0.15, 0.2) is 0 Å². The Hall–Kier alpha value is -0.890. The van der Waals surface area contributed by atoms with Gasteiger partial charge in [-0.25, -0.2) is 9.97 Å². The number of β-amino-alcohol motifs (C(OH)–C–C–N with tert-alkyl or cyclic N) is 1. The third kappa shape index (κ3) is 4.05. The van der Waals surface area contributed by atoms with Gasteiger partial charge in [-0.1, -0.05) is 0 Å². The molecule has 0 bridgehead atoms. The van der Waals surface area contributed by atoms with E-state index in [2.05, 4.69) is 9.97 Å². The molecule has 1 aliphatic heterocycles. The van der Waals surface area contributed by atoms with Crippen LogP contribution in [0.5, 0.6) is 0 Å². The first kappa shape index (κ1) is 15.5. The maximum atomic E-state index is 10.2. The largest absolute Gasteiger partial charge is 0.389 e. The highest BCUT2D eigenvalue weighted by Gasteiger charge is 2.29. The van der Waals surface area contributed by atoms with Gasteiger partial charge < -0.3 is 19.5 Å². The molecule has 1 aromatic rings. The van der Waals surface area contributed by atoms with E-state index in [1.807, 2.05) is 17.2 Å². The minimum atomic E-state index is -0.526. The standard InChI is InChI=1S/C13H21N3O3S/c1-18-7-8-19-11-4-6-16(9-10(11)17)13-14-5-3-12(15-13)20-2/h3,5,10-11,17H,4,6-9H2,1-2H3. The van der Waals surface area contributed by atoms with Crippen LogP contribution in [-0.2, 0) is 9.47 Å². The SMILES string of the molecule is COCCOC1CCN(c2nccc(SC)n2)CC1O. The van der Waals surface area contributed by atoms with Crippen LogP contribution in [0, 0.1) is 0 Å². The van der Waals surface area contributed by atoms with E-state index in [-0.39, 0.29) is 6.10 Å². The maximum absolute atomic E-state index is 10.2. The van der Waals surface area contributed by atoms with Gasteiger partial charge in [-0.05, 0) is 18.7 Å². The number of anilines is 1. The number of hydrogen-bond donors (Lipinski definition) is 1. The van der Waals surface area contributed by atoms with E-state index >= 15 is 0 Å². The Bertz CT molecular complexity index is 422. The van der Waals surface area contributed by atoms with Gasteiger partial charge in [-0.2, -0.15) is 0 Å². The van der Waals surface area contributed by atoms with Crippen LogP contribution in [0.4, 0.5) is 5.95 Å². The zero-order valence-corrected chi connectivity index (χ0v) is 12.7. The third-order valence-corrected chi connectivity index (χ3v) is 3.89. The van der Waals surface area contributed by atoms with Crippen molar-refractivity contribution in [3.63, 3.8) is 0 Å². The maximum Gasteiger partial charge on any atom is 0.226 e. The highest BCUT2D eigenvalue weighted by molar-refractivity contribution is 7.98. The van der Waals surface area contributed by atoms with Crippen molar-refractivity contribution >= 4 is 17.7 Å². The molecule has 2 heterocycles. The summed E-state index contributed by atoms with van der Waals surface area (Å²) in [5.74, 6) is 0.672. The van der Waals surface area contributed by atoms with Gasteiger partial charge >= 0.3 is 0 Å². The number of thioether (sulfide) groups is 1. The summed E-state index contributed by atoms with van der Waals surface area (Å²) >= 11 is 1.58. The average Bonchev–Trinajstić information content (AvgIpc) is 2.49. The van der Waals surface area contributed by atoms with E-state index in [0.717, 1.165) is 18.0 Å². The number of piperidine rings is 1. The number of aliphatic hydroxyl groups excluding tert-OH is 1. The Morgan fingerprint density at radius 3 is 3.05 bits per heavy atom. The smallest absolute Gasteiger partial charge is 0.226 e. The first-order valence-electron chi connectivity index (χ1n) is 6.65. The topological polar surface area (TPSA) is 67.7 Å². The molecule has 0 amide bonds. The number of aliphatic hydroxyl groups is 1. The summed E-state index contributed by atoms with van der Waals surface area (Å²) in [5, 5.41) is 11.1. The number of hydrogen-bond acceptors (Lipinski definition) is 7. The van der Waals surface area contributed by atoms with Crippen LogP contribution in [0.15, 0.2) is 17.3 Å². The van der Waals surface area contributed by atoms with E-state index in [0.29, 0.717) is 25.7 Å². The van der Waals surface area contributed by atoms with Crippen molar-refractivity contribution in [3.05, 3.63) is 12.3 Å². The number of ether oxygens (including phenoxy) is 2. The van der Waals surface area contributed by atoms with Gasteiger partial charge in [0.1, 0.15) is 5.03 Å². The van der Waals surface area contributed by atoms with Gasteiger partial charge in [0.2, 0.25) is 5.95 Å². The van der Waals surface area contributed by atoms with Gasteiger partial charge in [-0.15, -0.1) is 11.8 Å². The Balaban J connectivity index is 1.91. The third-order valence-electron chi connectivity index (χ3n) is 3.25. The predicted molar refractivity (Wildman–Crippen MR) is 78.3 cm³/mol. The fraction of sp³-hybridized carbons (Fsp3) is 0.692. The lowest BCUT2D eigenvalue weighted by Crippen LogP contribution is -2.48. The van der Waals surface area contributed by atoms with Gasteiger partial charge in [0.05, 0.1) is 25.4 Å². The molecule has 0 saturated carbocycles. The highest BCUT2D eigenvalue weighted by Crippen LogP contribution is 2.20. The average molecular weight is 299 g/mol. The van der Waals surface area contributed by atoms with Crippen LogP contribution in [0.25, 0.3) is 0 Å². The summed E-state index contributed by atoms with van der Waals surface area (Å²) in [7, 11) is 1.64. The van der Waals surface area contributed by atoms with E-state index in [4.69, 9.17) is 9.47 Å². The van der Waals surface area contributed by atoms with Crippen LogP contribution in [0.2, 0.25) is 0 Å². The summed E-state index contributed by atoms with van der Waals surface area (Å²) in [6, 6.07) is 1.88. The zero-order valence-electron chi connectivity index (χ0n) is 11.9. The number of rotatable bonds is 6. The van der Waals surface area contributed by atoms with Gasteiger partial charge in [0.25, 0.3) is 0 Å². The Morgan fingerprint density at radius 2 is 2.35 bits per heavy atom. The number of methoxy groups -OCH3 is 1. The summed E-state index contributed by atoms with van der Waals surface area (Å²) in [5.41, 5.74) is 0. The van der Waals surface area contributed by atoms with Gasteiger partial charge in [-0.3, -0.25) is 0 Å². The molecule has 1 aromatic heterocycles. The molecule has 1 aliphatic rings. The molecule has 7 heteroatoms. The molecule has 1 N–H and O–H groups in total. The molecule has 0 spiro atoms. The first-order chi connectivity index (χ1) is 9.74.